The topological polar surface area (TPSA) is 64.7 Å². The van der Waals surface area contributed by atoms with E-state index < -0.39 is 0 Å². The van der Waals surface area contributed by atoms with Crippen molar-refractivity contribution in [1.82, 2.24) is 19.6 Å². The Balaban J connectivity index is 1.63. The van der Waals surface area contributed by atoms with Crippen LogP contribution in [-0.4, -0.2) is 25.5 Å². The monoisotopic (exact) mass is 373 g/mol. The van der Waals surface area contributed by atoms with Crippen molar-refractivity contribution in [2.24, 2.45) is 0 Å². The zero-order valence-corrected chi connectivity index (χ0v) is 14.2. The lowest BCUT2D eigenvalue weighted by molar-refractivity contribution is -0.116. The molecule has 7 heteroatoms. The summed E-state index contributed by atoms with van der Waals surface area (Å²) < 4.78 is 4.39. The van der Waals surface area contributed by atoms with Gasteiger partial charge in [0, 0.05) is 18.1 Å². The Kier molecular flexibility index (Phi) is 4.57. The molecule has 1 aromatic carbocycles. The van der Waals surface area contributed by atoms with E-state index in [1.54, 1.807) is 17.1 Å². The molecule has 0 unspecified atom stereocenters. The van der Waals surface area contributed by atoms with E-state index in [0.717, 1.165) is 21.3 Å². The number of carbonyl (C=O) groups is 1. The summed E-state index contributed by atoms with van der Waals surface area (Å²) >= 11 is 3.38. The van der Waals surface area contributed by atoms with Crippen molar-refractivity contribution in [2.75, 3.05) is 5.32 Å². The summed E-state index contributed by atoms with van der Waals surface area (Å²) in [4.78, 5) is 12.1. The van der Waals surface area contributed by atoms with Gasteiger partial charge in [-0.2, -0.15) is 10.2 Å². The quantitative estimate of drug-likeness (QED) is 0.747. The van der Waals surface area contributed by atoms with E-state index in [2.05, 4.69) is 31.4 Å². The Bertz CT molecular complexity index is 823. The summed E-state index contributed by atoms with van der Waals surface area (Å²) in [7, 11) is 0. The second kappa shape index (κ2) is 6.78. The minimum Gasteiger partial charge on any atom is -0.324 e. The van der Waals surface area contributed by atoms with Gasteiger partial charge in [-0.15, -0.1) is 0 Å². The minimum absolute atomic E-state index is 0.105. The van der Waals surface area contributed by atoms with E-state index in [0.29, 0.717) is 6.54 Å². The Morgan fingerprint density at radius 3 is 2.74 bits per heavy atom. The van der Waals surface area contributed by atoms with Gasteiger partial charge in [0.15, 0.2) is 0 Å². The minimum atomic E-state index is -0.105. The Morgan fingerprint density at radius 2 is 2.04 bits per heavy atom. The van der Waals surface area contributed by atoms with Crippen LogP contribution in [-0.2, 0) is 17.9 Å². The van der Waals surface area contributed by atoms with Gasteiger partial charge in [-0.05, 0) is 46.1 Å². The maximum Gasteiger partial charge on any atom is 0.246 e. The smallest absolute Gasteiger partial charge is 0.246 e. The molecule has 0 radical (unpaired) electrons. The highest BCUT2D eigenvalue weighted by molar-refractivity contribution is 9.10. The van der Waals surface area contributed by atoms with Gasteiger partial charge in [-0.1, -0.05) is 12.1 Å². The van der Waals surface area contributed by atoms with Crippen LogP contribution < -0.4 is 5.32 Å². The number of anilines is 1. The van der Waals surface area contributed by atoms with E-state index in [1.807, 2.05) is 48.3 Å². The number of benzene rings is 1. The molecule has 0 saturated carbocycles. The lowest BCUT2D eigenvalue weighted by Gasteiger charge is -2.08. The van der Waals surface area contributed by atoms with E-state index in [4.69, 9.17) is 0 Å². The molecular weight excluding hydrogens is 358 g/mol. The average molecular weight is 374 g/mol. The standard InChI is InChI=1S/C16H16BrN5O/c1-12-6-18-21(8-12)11-16(23)20-15-4-2-3-13(5-15)9-22-10-14(17)7-19-22/h2-8,10H,9,11H2,1H3,(H,20,23). The van der Waals surface area contributed by atoms with Crippen molar-refractivity contribution in [3.8, 4) is 0 Å². The van der Waals surface area contributed by atoms with Crippen LogP contribution in [0.5, 0.6) is 0 Å². The molecule has 3 aromatic rings. The fourth-order valence-corrected chi connectivity index (χ4v) is 2.59. The number of amides is 1. The summed E-state index contributed by atoms with van der Waals surface area (Å²) in [6.45, 7) is 2.79. The third-order valence-electron chi connectivity index (χ3n) is 3.22. The molecule has 0 aliphatic carbocycles. The highest BCUT2D eigenvalue weighted by Gasteiger charge is 2.06. The van der Waals surface area contributed by atoms with E-state index in [1.165, 1.54) is 0 Å². The molecule has 2 aromatic heterocycles. The molecule has 6 nitrogen and oxygen atoms in total. The second-order valence-corrected chi connectivity index (χ2v) is 6.24. The summed E-state index contributed by atoms with van der Waals surface area (Å²) in [6.07, 6.45) is 7.23. The van der Waals surface area contributed by atoms with Gasteiger partial charge in [0.25, 0.3) is 0 Å². The van der Waals surface area contributed by atoms with E-state index in [9.17, 15) is 4.79 Å². The maximum atomic E-state index is 12.1. The van der Waals surface area contributed by atoms with Gasteiger partial charge >= 0.3 is 0 Å². The molecule has 0 spiro atoms. The summed E-state index contributed by atoms with van der Waals surface area (Å²) in [5, 5.41) is 11.2. The predicted octanol–water partition coefficient (Wildman–Crippen LogP) is 2.84. The lowest BCUT2D eigenvalue weighted by Crippen LogP contribution is -2.19. The lowest BCUT2D eigenvalue weighted by atomic mass is 10.2. The fourth-order valence-electron chi connectivity index (χ4n) is 2.26. The molecule has 23 heavy (non-hydrogen) atoms. The SMILES string of the molecule is Cc1cnn(CC(=O)Nc2cccc(Cn3cc(Br)cn3)c2)c1. The van der Waals surface area contributed by atoms with Gasteiger partial charge < -0.3 is 5.32 Å². The third-order valence-corrected chi connectivity index (χ3v) is 3.63. The molecule has 1 N–H and O–H groups in total. The molecule has 0 fully saturated rings. The molecule has 3 rings (SSSR count). The normalized spacial score (nSPS) is 10.7. The van der Waals surface area contributed by atoms with Crippen molar-refractivity contribution >= 4 is 27.5 Å². The third kappa shape index (κ3) is 4.29. The van der Waals surface area contributed by atoms with Crippen LogP contribution in [0.15, 0.2) is 53.5 Å². The molecule has 0 saturated heterocycles. The van der Waals surface area contributed by atoms with Crippen molar-refractivity contribution in [3.05, 3.63) is 64.7 Å². The van der Waals surface area contributed by atoms with Crippen molar-refractivity contribution in [3.63, 3.8) is 0 Å². The number of nitrogens with one attached hydrogen (secondary N) is 1. The van der Waals surface area contributed by atoms with Crippen LogP contribution in [0.25, 0.3) is 0 Å². The van der Waals surface area contributed by atoms with Gasteiger partial charge in [0.1, 0.15) is 6.54 Å². The number of aryl methyl sites for hydroxylation is 1. The summed E-state index contributed by atoms with van der Waals surface area (Å²) in [5.41, 5.74) is 2.86. The Hall–Kier alpha value is -2.41. The first kappa shape index (κ1) is 15.5. The molecular formula is C16H16BrN5O. The molecule has 2 heterocycles. The first-order chi connectivity index (χ1) is 11.1. The number of hydrogen-bond acceptors (Lipinski definition) is 3. The summed E-state index contributed by atoms with van der Waals surface area (Å²) in [6, 6.07) is 7.74. The number of halogens is 1. The average Bonchev–Trinajstić information content (AvgIpc) is 3.08. The molecule has 0 aliphatic heterocycles. The van der Waals surface area contributed by atoms with Crippen molar-refractivity contribution in [2.45, 2.75) is 20.0 Å². The highest BCUT2D eigenvalue weighted by Crippen LogP contribution is 2.13. The Labute approximate surface area is 142 Å². The number of rotatable bonds is 5. The second-order valence-electron chi connectivity index (χ2n) is 5.32. The van der Waals surface area contributed by atoms with Gasteiger partial charge in [0.05, 0.1) is 23.4 Å². The number of carbonyl (C=O) groups excluding carboxylic acids is 1. The first-order valence-corrected chi connectivity index (χ1v) is 7.93. The van der Waals surface area contributed by atoms with Gasteiger partial charge in [0.2, 0.25) is 5.91 Å². The first-order valence-electron chi connectivity index (χ1n) is 7.14. The molecule has 118 valence electrons. The highest BCUT2D eigenvalue weighted by atomic mass is 79.9. The maximum absolute atomic E-state index is 12.1. The number of aromatic nitrogens is 4. The number of hydrogen-bond donors (Lipinski definition) is 1. The van der Waals surface area contributed by atoms with Crippen molar-refractivity contribution < 1.29 is 4.79 Å². The Morgan fingerprint density at radius 1 is 1.22 bits per heavy atom. The van der Waals surface area contributed by atoms with E-state index in [-0.39, 0.29) is 12.5 Å². The zero-order valence-electron chi connectivity index (χ0n) is 12.6. The zero-order chi connectivity index (χ0) is 16.2. The predicted molar refractivity (Wildman–Crippen MR) is 91.1 cm³/mol. The molecule has 0 atom stereocenters. The molecule has 1 amide bonds. The summed E-state index contributed by atoms with van der Waals surface area (Å²) in [5.74, 6) is -0.105. The van der Waals surface area contributed by atoms with Gasteiger partial charge in [-0.25, -0.2) is 0 Å². The van der Waals surface area contributed by atoms with Crippen LogP contribution >= 0.6 is 15.9 Å². The van der Waals surface area contributed by atoms with Crippen LogP contribution in [0.2, 0.25) is 0 Å². The molecule has 0 aliphatic rings. The fraction of sp³-hybridized carbons (Fsp3) is 0.188. The van der Waals surface area contributed by atoms with Crippen LogP contribution in [0, 0.1) is 6.92 Å². The largest absolute Gasteiger partial charge is 0.324 e. The van der Waals surface area contributed by atoms with Crippen LogP contribution in [0.1, 0.15) is 11.1 Å². The van der Waals surface area contributed by atoms with E-state index >= 15 is 0 Å². The van der Waals surface area contributed by atoms with Crippen LogP contribution in [0.3, 0.4) is 0 Å². The number of nitrogens with zero attached hydrogens (tertiary/aromatic N) is 4. The van der Waals surface area contributed by atoms with Crippen molar-refractivity contribution in [1.29, 1.82) is 0 Å². The molecule has 0 bridgehead atoms. The van der Waals surface area contributed by atoms with Gasteiger partial charge in [-0.3, -0.25) is 14.2 Å². The van der Waals surface area contributed by atoms with Crippen LogP contribution in [0.4, 0.5) is 5.69 Å².